The summed E-state index contributed by atoms with van der Waals surface area (Å²) in [5.41, 5.74) is 5.52. The van der Waals surface area contributed by atoms with E-state index >= 15 is 0 Å². The third-order valence-electron chi connectivity index (χ3n) is 4.73. The van der Waals surface area contributed by atoms with Gasteiger partial charge in [-0.2, -0.15) is 0 Å². The van der Waals surface area contributed by atoms with Gasteiger partial charge in [-0.25, -0.2) is 0 Å². The highest BCUT2D eigenvalue weighted by Gasteiger charge is 2.24. The number of halogens is 1. The van der Waals surface area contributed by atoms with Crippen molar-refractivity contribution in [2.45, 2.75) is 32.6 Å². The summed E-state index contributed by atoms with van der Waals surface area (Å²) in [6.07, 6.45) is 4.42. The van der Waals surface area contributed by atoms with Crippen LogP contribution in [0, 0.1) is 6.92 Å². The third-order valence-corrected chi connectivity index (χ3v) is 5.23. The second-order valence-corrected chi connectivity index (χ2v) is 7.22. The highest BCUT2D eigenvalue weighted by atomic mass is 79.9. The Morgan fingerprint density at radius 1 is 1.04 bits per heavy atom. The number of hydrogen-bond acceptors (Lipinski definition) is 1. The molecule has 0 fully saturated rings. The first-order chi connectivity index (χ1) is 11.1. The average Bonchev–Trinajstić information content (AvgIpc) is 2.89. The lowest BCUT2D eigenvalue weighted by Crippen LogP contribution is -2.17. The minimum Gasteiger partial charge on any atom is -0.280 e. The largest absolute Gasteiger partial charge is 0.280 e. The zero-order chi connectivity index (χ0) is 16.0. The van der Waals surface area contributed by atoms with Crippen LogP contribution in [0.4, 0.5) is 0 Å². The van der Waals surface area contributed by atoms with E-state index in [1.165, 1.54) is 28.6 Å². The fourth-order valence-corrected chi connectivity index (χ4v) is 3.93. The van der Waals surface area contributed by atoms with Crippen LogP contribution < -0.4 is 0 Å². The highest BCUT2D eigenvalue weighted by molar-refractivity contribution is 9.10. The molecule has 0 amide bonds. The van der Waals surface area contributed by atoms with Crippen molar-refractivity contribution in [2.24, 2.45) is 0 Å². The van der Waals surface area contributed by atoms with Gasteiger partial charge in [-0.3, -0.25) is 9.36 Å². The molecular weight excluding hydrogens is 350 g/mol. The lowest BCUT2D eigenvalue weighted by atomic mass is 9.95. The summed E-state index contributed by atoms with van der Waals surface area (Å²) in [4.78, 5) is 13.1. The van der Waals surface area contributed by atoms with E-state index in [0.717, 1.165) is 34.8 Å². The second kappa shape index (κ2) is 5.64. The van der Waals surface area contributed by atoms with E-state index in [1.807, 2.05) is 41.8 Å². The van der Waals surface area contributed by atoms with Crippen molar-refractivity contribution in [2.75, 3.05) is 0 Å². The van der Waals surface area contributed by atoms with Crippen LogP contribution in [-0.2, 0) is 12.8 Å². The Morgan fingerprint density at radius 3 is 2.57 bits per heavy atom. The molecule has 0 bridgehead atoms. The molecule has 1 aliphatic carbocycles. The van der Waals surface area contributed by atoms with Gasteiger partial charge in [-0.15, -0.1) is 0 Å². The number of aromatic nitrogens is 1. The van der Waals surface area contributed by atoms with E-state index in [4.69, 9.17) is 0 Å². The van der Waals surface area contributed by atoms with Gasteiger partial charge in [0.05, 0.1) is 5.52 Å². The Hall–Kier alpha value is -1.87. The molecule has 0 unspecified atom stereocenters. The first kappa shape index (κ1) is 14.7. The Kier molecular flexibility index (Phi) is 3.61. The van der Waals surface area contributed by atoms with Gasteiger partial charge in [0.15, 0.2) is 0 Å². The first-order valence-corrected chi connectivity index (χ1v) is 8.87. The van der Waals surface area contributed by atoms with Crippen LogP contribution in [0.15, 0.2) is 46.9 Å². The number of hydrogen-bond donors (Lipinski definition) is 0. The smallest absolute Gasteiger partial charge is 0.262 e. The molecule has 0 aliphatic heterocycles. The number of fused-ring (bicyclic) bond motifs is 3. The fourth-order valence-electron chi connectivity index (χ4n) is 3.57. The van der Waals surface area contributed by atoms with E-state index in [0.29, 0.717) is 0 Å². The van der Waals surface area contributed by atoms with Gasteiger partial charge in [0.25, 0.3) is 5.91 Å². The number of aryl methyl sites for hydroxylation is 2. The maximum Gasteiger partial charge on any atom is 0.262 e. The van der Waals surface area contributed by atoms with Gasteiger partial charge in [0.2, 0.25) is 0 Å². The van der Waals surface area contributed by atoms with Crippen LogP contribution in [0.5, 0.6) is 0 Å². The fraction of sp³-hybridized carbons (Fsp3) is 0.250. The molecule has 1 aliphatic rings. The van der Waals surface area contributed by atoms with E-state index in [9.17, 15) is 4.79 Å². The van der Waals surface area contributed by atoms with Crippen molar-refractivity contribution >= 4 is 32.7 Å². The number of rotatable bonds is 1. The molecule has 0 N–H and O–H groups in total. The Morgan fingerprint density at radius 2 is 1.78 bits per heavy atom. The zero-order valence-corrected chi connectivity index (χ0v) is 14.7. The molecule has 1 aromatic heterocycles. The van der Waals surface area contributed by atoms with Gasteiger partial charge in [0.1, 0.15) is 0 Å². The van der Waals surface area contributed by atoms with E-state index in [2.05, 4.69) is 28.1 Å². The summed E-state index contributed by atoms with van der Waals surface area (Å²) in [7, 11) is 0. The van der Waals surface area contributed by atoms with Crippen molar-refractivity contribution in [3.8, 4) is 0 Å². The highest BCUT2D eigenvalue weighted by Crippen LogP contribution is 2.34. The molecule has 1 heterocycles. The van der Waals surface area contributed by atoms with Crippen LogP contribution >= 0.6 is 15.9 Å². The van der Waals surface area contributed by atoms with Gasteiger partial charge >= 0.3 is 0 Å². The molecule has 116 valence electrons. The quantitative estimate of drug-likeness (QED) is 0.573. The van der Waals surface area contributed by atoms with Crippen molar-refractivity contribution < 1.29 is 4.79 Å². The maximum atomic E-state index is 13.1. The van der Waals surface area contributed by atoms with Crippen LogP contribution in [0.2, 0.25) is 0 Å². The average molecular weight is 368 g/mol. The monoisotopic (exact) mass is 367 g/mol. The zero-order valence-electron chi connectivity index (χ0n) is 13.1. The molecule has 23 heavy (non-hydrogen) atoms. The topological polar surface area (TPSA) is 22.0 Å². The molecule has 0 saturated carbocycles. The molecule has 4 rings (SSSR count). The summed E-state index contributed by atoms with van der Waals surface area (Å²) in [5.74, 6) is 0.0838. The molecular formula is C20H18BrNO. The summed E-state index contributed by atoms with van der Waals surface area (Å²) in [6, 6.07) is 14.1. The van der Waals surface area contributed by atoms with Crippen LogP contribution in [0.3, 0.4) is 0 Å². The van der Waals surface area contributed by atoms with Crippen molar-refractivity contribution in [1.82, 2.24) is 4.57 Å². The molecule has 0 saturated heterocycles. The minimum absolute atomic E-state index is 0.0838. The Balaban J connectivity index is 1.95. The van der Waals surface area contributed by atoms with Gasteiger partial charge < -0.3 is 0 Å². The number of benzene rings is 2. The summed E-state index contributed by atoms with van der Waals surface area (Å²) >= 11 is 3.57. The number of nitrogens with zero attached hydrogens (tertiary/aromatic N) is 1. The predicted octanol–water partition coefficient (Wildman–Crippen LogP) is 5.28. The van der Waals surface area contributed by atoms with Crippen molar-refractivity contribution in [3.05, 3.63) is 69.3 Å². The minimum atomic E-state index is 0.0838. The molecule has 0 spiro atoms. The predicted molar refractivity (Wildman–Crippen MR) is 97.2 cm³/mol. The van der Waals surface area contributed by atoms with E-state index < -0.39 is 0 Å². The van der Waals surface area contributed by atoms with Gasteiger partial charge in [-0.05, 0) is 68.5 Å². The van der Waals surface area contributed by atoms with Crippen LogP contribution in [-0.4, -0.2) is 10.5 Å². The maximum absolute atomic E-state index is 13.1. The molecule has 2 aromatic carbocycles. The lowest BCUT2D eigenvalue weighted by Gasteiger charge is -2.15. The van der Waals surface area contributed by atoms with Crippen LogP contribution in [0.25, 0.3) is 10.9 Å². The van der Waals surface area contributed by atoms with Crippen molar-refractivity contribution in [3.63, 3.8) is 0 Å². The molecule has 0 radical (unpaired) electrons. The van der Waals surface area contributed by atoms with Crippen molar-refractivity contribution in [1.29, 1.82) is 0 Å². The standard InChI is InChI=1S/C20H18BrNO/c1-13-6-8-14(9-7-13)20(23)22-18-5-3-2-4-16(18)17-12-15(21)10-11-19(17)22/h6-12H,2-5H2,1H3. The molecule has 0 atom stereocenters. The van der Waals surface area contributed by atoms with Gasteiger partial charge in [0, 0.05) is 21.1 Å². The normalized spacial score (nSPS) is 14.0. The Bertz CT molecular complexity index is 906. The molecule has 2 nitrogen and oxygen atoms in total. The lowest BCUT2D eigenvalue weighted by molar-refractivity contribution is 0.0961. The van der Waals surface area contributed by atoms with Crippen LogP contribution in [0.1, 0.15) is 40.0 Å². The third kappa shape index (κ3) is 2.43. The van der Waals surface area contributed by atoms with E-state index in [-0.39, 0.29) is 5.91 Å². The molecule has 3 aromatic rings. The van der Waals surface area contributed by atoms with E-state index in [1.54, 1.807) is 0 Å². The summed E-state index contributed by atoms with van der Waals surface area (Å²) in [5, 5.41) is 1.22. The number of carbonyl (C=O) groups excluding carboxylic acids is 1. The second-order valence-electron chi connectivity index (χ2n) is 6.30. The SMILES string of the molecule is Cc1ccc(C(=O)n2c3c(c4cc(Br)ccc42)CCCC3)cc1. The van der Waals surface area contributed by atoms with Gasteiger partial charge in [-0.1, -0.05) is 33.6 Å². The number of carbonyl (C=O) groups is 1. The Labute approximate surface area is 144 Å². The molecule has 3 heteroatoms. The summed E-state index contributed by atoms with van der Waals surface area (Å²) < 4.78 is 3.01. The first-order valence-electron chi connectivity index (χ1n) is 8.08. The summed E-state index contributed by atoms with van der Waals surface area (Å²) in [6.45, 7) is 2.04.